The molecule has 3 aliphatic rings. The number of rotatable bonds is 17. The van der Waals surface area contributed by atoms with E-state index in [0.717, 1.165) is 0 Å². The highest BCUT2D eigenvalue weighted by molar-refractivity contribution is 7.61. The van der Waals surface area contributed by atoms with Crippen molar-refractivity contribution in [3.8, 4) is 12.3 Å². The Labute approximate surface area is 300 Å². The lowest BCUT2D eigenvalue weighted by molar-refractivity contribution is -0.0507. The third-order valence-corrected chi connectivity index (χ3v) is 11.3. The Balaban J connectivity index is 1.01. The Bertz CT molecular complexity index is 1990. The summed E-state index contributed by atoms with van der Waals surface area (Å²) in [6, 6.07) is 5.72. The van der Waals surface area contributed by atoms with Crippen molar-refractivity contribution >= 4 is 38.5 Å². The number of anilines is 1. The number of phosphoric acid groups is 2. The highest BCUT2D eigenvalue weighted by atomic mass is 31.3. The van der Waals surface area contributed by atoms with Gasteiger partial charge in [-0.2, -0.15) is 14.5 Å². The summed E-state index contributed by atoms with van der Waals surface area (Å²) in [5.41, 5.74) is 5.66. The second-order valence-corrected chi connectivity index (χ2v) is 15.4. The second-order valence-electron chi connectivity index (χ2n) is 12.3. The fraction of sp³-hybridized carbons (Fsp3) is 0.517. The molecule has 2 fully saturated rings. The minimum atomic E-state index is -5.41. The van der Waals surface area contributed by atoms with Crippen molar-refractivity contribution in [2.75, 3.05) is 25.1 Å². The number of primary amides is 1. The lowest BCUT2D eigenvalue weighted by atomic mass is 10.00. The molecule has 1 amide bonds. The molecule has 10 atom stereocenters. The highest BCUT2D eigenvalue weighted by Crippen LogP contribution is 2.61. The molecule has 0 radical (unpaired) electrons. The first kappa shape index (κ1) is 38.9. The van der Waals surface area contributed by atoms with E-state index >= 15 is 0 Å². The van der Waals surface area contributed by atoms with Crippen LogP contribution in [0.4, 0.5) is 5.82 Å². The number of aliphatic hydroxyl groups excluding tert-OH is 4. The number of ether oxygens (including phenoxy) is 2. The van der Waals surface area contributed by atoms with Crippen LogP contribution in [-0.2, 0) is 32.0 Å². The topological polar surface area (TPSA) is 325 Å². The molecular weight excluding hydrogens is 746 g/mol. The average Bonchev–Trinajstić information content (AvgIpc) is 3.52. The van der Waals surface area contributed by atoms with E-state index in [-0.39, 0.29) is 16.8 Å². The number of hydrogen-bond acceptors (Lipinski definition) is 18. The van der Waals surface area contributed by atoms with E-state index in [4.69, 9.17) is 30.7 Å². The van der Waals surface area contributed by atoms with Gasteiger partial charge in [0, 0.05) is 31.4 Å². The number of carbonyl (C=O) groups is 1. The largest absolute Gasteiger partial charge is 0.481 e. The Morgan fingerprint density at radius 2 is 1.66 bits per heavy atom. The van der Waals surface area contributed by atoms with Crippen LogP contribution in [-0.4, -0.2) is 118 Å². The normalized spacial score (nSPS) is 29.8. The van der Waals surface area contributed by atoms with Crippen LogP contribution in [0.1, 0.15) is 47.5 Å². The first-order valence-corrected chi connectivity index (χ1v) is 19.0. The van der Waals surface area contributed by atoms with Gasteiger partial charge in [0.25, 0.3) is 0 Å². The van der Waals surface area contributed by atoms with E-state index in [1.807, 2.05) is 0 Å². The van der Waals surface area contributed by atoms with Crippen LogP contribution < -0.4 is 11.1 Å². The van der Waals surface area contributed by atoms with Crippen LogP contribution in [0.5, 0.6) is 0 Å². The van der Waals surface area contributed by atoms with E-state index < -0.39 is 89.4 Å². The number of phosphoric ester groups is 2. The van der Waals surface area contributed by atoms with Crippen LogP contribution in [0.15, 0.2) is 47.1 Å². The van der Waals surface area contributed by atoms with Gasteiger partial charge in [0.2, 0.25) is 5.91 Å². The highest BCUT2D eigenvalue weighted by Gasteiger charge is 2.48. The third kappa shape index (κ3) is 8.80. The number of nitrogens with one attached hydrogen (secondary N) is 1. The Morgan fingerprint density at radius 3 is 2.32 bits per heavy atom. The van der Waals surface area contributed by atoms with Crippen LogP contribution in [0, 0.1) is 12.3 Å². The van der Waals surface area contributed by atoms with Crippen LogP contribution >= 0.6 is 15.6 Å². The van der Waals surface area contributed by atoms with Gasteiger partial charge in [-0.25, -0.2) is 24.1 Å². The van der Waals surface area contributed by atoms with E-state index in [1.165, 1.54) is 41.5 Å². The molecule has 53 heavy (non-hydrogen) atoms. The predicted octanol–water partition coefficient (Wildman–Crippen LogP) is 0.0344. The molecule has 0 saturated carbocycles. The summed E-state index contributed by atoms with van der Waals surface area (Å²) >= 11 is 0. The summed E-state index contributed by atoms with van der Waals surface area (Å²) < 4.78 is 51.6. The van der Waals surface area contributed by atoms with Crippen molar-refractivity contribution in [3.63, 3.8) is 0 Å². The van der Waals surface area contributed by atoms with E-state index in [2.05, 4.69) is 40.7 Å². The minimum Gasteiger partial charge on any atom is -0.387 e. The maximum absolute atomic E-state index is 12.6. The van der Waals surface area contributed by atoms with Gasteiger partial charge in [0.1, 0.15) is 49.1 Å². The zero-order valence-corrected chi connectivity index (χ0v) is 29.3. The van der Waals surface area contributed by atoms with Crippen molar-refractivity contribution in [1.29, 1.82) is 0 Å². The number of nitrogens with zero attached hydrogens (tertiary/aromatic N) is 6. The molecule has 3 aliphatic heterocycles. The summed E-state index contributed by atoms with van der Waals surface area (Å²) in [6.07, 6.45) is -2.24. The molecular formula is C29H36N8O14P2. The number of terminal acetylenes is 1. The summed E-state index contributed by atoms with van der Waals surface area (Å²) in [4.78, 5) is 44.6. The lowest BCUT2D eigenvalue weighted by Gasteiger charge is -2.20. The number of benzene rings is 1. The van der Waals surface area contributed by atoms with Crippen molar-refractivity contribution < 1.29 is 67.0 Å². The van der Waals surface area contributed by atoms with Crippen LogP contribution in [0.3, 0.4) is 0 Å². The number of fused-ring (bicyclic) bond motifs is 1. The van der Waals surface area contributed by atoms with Crippen LogP contribution in [0.25, 0.3) is 11.2 Å². The lowest BCUT2D eigenvalue weighted by Crippen LogP contribution is -2.33. The number of nitrogens with two attached hydrogens (primary N) is 1. The van der Waals surface area contributed by atoms with Gasteiger partial charge in [0.05, 0.1) is 19.5 Å². The van der Waals surface area contributed by atoms with E-state index in [9.17, 15) is 44.1 Å². The second kappa shape index (κ2) is 15.5. The summed E-state index contributed by atoms with van der Waals surface area (Å²) in [5.74, 6) is 2.18. The fourth-order valence-corrected chi connectivity index (χ4v) is 7.95. The van der Waals surface area contributed by atoms with Gasteiger partial charge in [0.15, 0.2) is 28.9 Å². The van der Waals surface area contributed by atoms with Gasteiger partial charge in [-0.15, -0.1) is 12.3 Å². The average molecular weight is 783 g/mol. The fourth-order valence-electron chi connectivity index (χ4n) is 5.86. The van der Waals surface area contributed by atoms with E-state index in [0.29, 0.717) is 37.1 Å². The molecule has 5 heterocycles. The van der Waals surface area contributed by atoms with Crippen molar-refractivity contribution in [2.24, 2.45) is 16.0 Å². The van der Waals surface area contributed by atoms with Gasteiger partial charge in [-0.05, 0) is 17.7 Å². The Hall–Kier alpha value is -3.78. The minimum absolute atomic E-state index is 0.103. The van der Waals surface area contributed by atoms with Crippen LogP contribution in [0.2, 0.25) is 0 Å². The molecule has 0 aliphatic carbocycles. The van der Waals surface area contributed by atoms with Gasteiger partial charge in [-0.3, -0.25) is 18.4 Å². The SMILES string of the molecule is C#CCCC1(CCNc2ncnc3c2ncn3[C@H]2O[C@@H](COP(=O)(O)OP(=O)(O)OC[C@H]3O[C@@H](c4cccc(C(N)=O)c4)C(O)C3O)C(O)C2O)N=N1. The predicted molar refractivity (Wildman–Crippen MR) is 177 cm³/mol. The summed E-state index contributed by atoms with van der Waals surface area (Å²) in [6.45, 7) is -1.37. The molecule has 1 aromatic carbocycles. The maximum Gasteiger partial charge on any atom is 0.481 e. The number of carbonyl (C=O) groups excluding carboxylic acids is 1. The molecule has 22 nitrogen and oxygen atoms in total. The third-order valence-electron chi connectivity index (χ3n) is 8.71. The van der Waals surface area contributed by atoms with Crippen molar-refractivity contribution in [2.45, 2.75) is 73.9 Å². The van der Waals surface area contributed by atoms with Gasteiger partial charge < -0.3 is 50.7 Å². The molecule has 0 bridgehead atoms. The molecule has 2 aromatic heterocycles. The monoisotopic (exact) mass is 782 g/mol. The molecule has 0 spiro atoms. The molecule has 3 aromatic rings. The Morgan fingerprint density at radius 1 is 0.981 bits per heavy atom. The van der Waals surface area contributed by atoms with Crippen molar-refractivity contribution in [1.82, 2.24) is 19.5 Å². The smallest absolute Gasteiger partial charge is 0.387 e. The zero-order chi connectivity index (χ0) is 38.1. The molecule has 6 unspecified atom stereocenters. The summed E-state index contributed by atoms with van der Waals surface area (Å²) in [7, 11) is -10.8. The first-order chi connectivity index (χ1) is 25.1. The molecule has 2 saturated heterocycles. The maximum atomic E-state index is 12.6. The first-order valence-electron chi connectivity index (χ1n) is 16.0. The number of hydrogen-bond donors (Lipinski definition) is 8. The van der Waals surface area contributed by atoms with E-state index in [1.54, 1.807) is 0 Å². The quantitative estimate of drug-likeness (QED) is 0.0661. The van der Waals surface area contributed by atoms with Crippen molar-refractivity contribution in [3.05, 3.63) is 48.0 Å². The summed E-state index contributed by atoms with van der Waals surface area (Å²) in [5, 5.41) is 53.7. The number of aromatic nitrogens is 4. The van der Waals surface area contributed by atoms with Gasteiger partial charge in [-0.1, -0.05) is 12.1 Å². The van der Waals surface area contributed by atoms with Gasteiger partial charge >= 0.3 is 15.6 Å². The Kier molecular flexibility index (Phi) is 11.4. The number of aliphatic hydroxyl groups is 4. The number of imidazole rings is 1. The molecule has 6 rings (SSSR count). The number of amides is 1. The zero-order valence-electron chi connectivity index (χ0n) is 27.5. The molecule has 24 heteroatoms. The molecule has 9 N–H and O–H groups in total. The standard InChI is InChI=1S/C29H36N8O14P2/c1-2-3-7-29(35-36-29)8-9-31-26-19-27(33-13-32-26)37(14-34-19)28-23(41)21(39)18(50-28)12-48-53(45,46)51-52(43,44)47-11-17-20(38)22(40)24(49-17)15-5-4-6-16(10-15)25(30)42/h1,4-6,10,13-14,17-18,20-24,28,38-41H,3,7-9,11-12H2,(H2,30,42)(H,43,44)(H,45,46)(H,31,32,33)/t17-,18+,20?,21?,22?,23?,24+,28+/m1/s1. The molecule has 286 valence electrons.